The van der Waals surface area contributed by atoms with Crippen LogP contribution in [-0.4, -0.2) is 150 Å². The van der Waals surface area contributed by atoms with E-state index in [9.17, 15) is 91.8 Å². The fourth-order valence-electron chi connectivity index (χ4n) is 24.5. The molecule has 20 aliphatic rings. The van der Waals surface area contributed by atoms with Crippen LogP contribution in [0, 0.1) is 130 Å². The molecular formula is C91H144F10O20. The van der Waals surface area contributed by atoms with Crippen molar-refractivity contribution in [3.05, 3.63) is 0 Å². The molecule has 0 aromatic carbocycles. The maximum Gasteiger partial charge on any atom is 0.377 e. The third-order valence-corrected chi connectivity index (χ3v) is 30.2. The van der Waals surface area contributed by atoms with Crippen LogP contribution in [0.15, 0.2) is 0 Å². The maximum absolute atomic E-state index is 12.9. The van der Waals surface area contributed by atoms with Gasteiger partial charge in [-0.05, 0) is 334 Å². The van der Waals surface area contributed by atoms with E-state index in [1.54, 1.807) is 20.8 Å². The van der Waals surface area contributed by atoms with Gasteiger partial charge in [0.2, 0.25) is 0 Å². The molecule has 0 aromatic rings. The molecule has 0 amide bonds. The van der Waals surface area contributed by atoms with E-state index in [1.807, 2.05) is 34.6 Å². The van der Waals surface area contributed by atoms with Crippen LogP contribution in [0.1, 0.15) is 295 Å². The molecule has 0 aliphatic heterocycles. The zero-order valence-corrected chi connectivity index (χ0v) is 68.8. The molecule has 0 radical (unpaired) electrons. The Balaban J connectivity index is 0.000000266. The van der Waals surface area contributed by atoms with Crippen molar-refractivity contribution in [2.24, 2.45) is 130 Å². The van der Waals surface area contributed by atoms with E-state index in [2.05, 4.69) is 23.7 Å². The minimum atomic E-state index is -3.59. The molecule has 20 nitrogen and oxygen atoms in total. The van der Waals surface area contributed by atoms with E-state index in [4.69, 9.17) is 23.7 Å². The van der Waals surface area contributed by atoms with Crippen molar-refractivity contribution in [1.29, 1.82) is 0 Å². The van der Waals surface area contributed by atoms with Gasteiger partial charge in [-0.3, -0.25) is 9.59 Å². The zero-order chi connectivity index (χ0) is 84.7. The summed E-state index contributed by atoms with van der Waals surface area (Å²) >= 11 is 0. The summed E-state index contributed by atoms with van der Waals surface area (Å²) in [6.07, 6.45) is 28.2. The third-order valence-electron chi connectivity index (χ3n) is 30.2. The van der Waals surface area contributed by atoms with Gasteiger partial charge < -0.3 is 47.4 Å². The molecule has 0 spiro atoms. The van der Waals surface area contributed by atoms with Gasteiger partial charge >= 0.3 is 89.3 Å². The zero-order valence-electron chi connectivity index (χ0n) is 68.8. The molecule has 1 unspecified atom stereocenters. The first-order valence-electron chi connectivity index (χ1n) is 41.9. The quantitative estimate of drug-likeness (QED) is 0.0554. The molecule has 1 atom stereocenters. The monoisotopic (exact) mass is 1750 g/mol. The van der Waals surface area contributed by atoms with Crippen molar-refractivity contribution in [1.82, 2.24) is 0 Å². The first kappa shape index (κ1) is 106. The van der Waals surface area contributed by atoms with Gasteiger partial charge in [-0.2, -0.15) is 43.9 Å². The predicted molar refractivity (Wildman–Crippen MR) is 429 cm³/mol. The summed E-state index contributed by atoms with van der Waals surface area (Å²) in [6.45, 7) is 13.9. The van der Waals surface area contributed by atoms with E-state index < -0.39 is 155 Å². The first-order valence-corrected chi connectivity index (χ1v) is 41.9. The van der Waals surface area contributed by atoms with Crippen molar-refractivity contribution in [2.45, 2.75) is 353 Å². The van der Waals surface area contributed by atoms with Crippen molar-refractivity contribution in [2.75, 3.05) is 33.0 Å². The normalized spacial score (nSPS) is 37.0. The molecule has 20 saturated carbocycles. The van der Waals surface area contributed by atoms with E-state index in [1.165, 1.54) is 32.1 Å². The molecule has 121 heavy (non-hydrogen) atoms. The lowest BCUT2D eigenvalue weighted by Crippen LogP contribution is -2.59. The molecule has 20 bridgehead atoms. The second-order valence-corrected chi connectivity index (χ2v) is 39.8. The maximum atomic E-state index is 12.9. The number of alkyl halides is 10. The van der Waals surface area contributed by atoms with Gasteiger partial charge in [0.05, 0.1) is 11.3 Å². The number of halogens is 10. The van der Waals surface area contributed by atoms with Crippen LogP contribution >= 0.6 is 0 Å². The molecule has 20 aliphatic carbocycles. The van der Waals surface area contributed by atoms with Gasteiger partial charge in [0.1, 0.15) is 41.2 Å². The number of hydrogen-bond acceptors (Lipinski definition) is 20. The standard InChI is InChI=1S/C19H28F2O4.C18H26F2O4.3C16H22F2O4.6CH4/c1-17(2,10-24-16(23)19(4,20)21)15(22)25-18(3)13-6-11-5-12(8-13)9-14(18)7-11;1-10(9-23-16(22)18(3,19)20)15(21)24-17(2)13-5-11-4-12(7-13)8-14(17)6-11;3*1-15(22-13(19)8-21-14(20)16(2,17)18)11-4-9-3-10(6-11)7-12(15)5-9;;;;;;/h11-14H,5-10H2,1-4H3;10-14H,4-9H2,1-3H3;3*9-12H,3-8H2,1-2H3;6*1H4. The van der Waals surface area contributed by atoms with Crippen molar-refractivity contribution >= 4 is 59.7 Å². The second kappa shape index (κ2) is 39.1. The molecule has 0 saturated heterocycles. The van der Waals surface area contributed by atoms with Crippen LogP contribution in [0.4, 0.5) is 43.9 Å². The highest BCUT2D eigenvalue weighted by molar-refractivity contribution is 5.83. The summed E-state index contributed by atoms with van der Waals surface area (Å²) in [6, 6.07) is 0. The Labute approximate surface area is 711 Å². The molecule has 0 aromatic heterocycles. The van der Waals surface area contributed by atoms with E-state index in [-0.39, 0.29) is 51.2 Å². The smallest absolute Gasteiger partial charge is 0.377 e. The van der Waals surface area contributed by atoms with Crippen LogP contribution in [0.2, 0.25) is 0 Å². The molecule has 698 valence electrons. The predicted octanol–water partition coefficient (Wildman–Crippen LogP) is 20.2. The highest BCUT2D eigenvalue weighted by Crippen LogP contribution is 2.65. The summed E-state index contributed by atoms with van der Waals surface area (Å²) in [5.74, 6) is -18.9. The minimum absolute atomic E-state index is 0. The van der Waals surface area contributed by atoms with Crippen molar-refractivity contribution < 1.29 is 139 Å². The number of ether oxygens (including phenoxy) is 10. The number of carbonyl (C=O) groups is 10. The number of rotatable bonds is 22. The highest BCUT2D eigenvalue weighted by atomic mass is 19.3. The number of carbonyl (C=O) groups excluding carboxylic acids is 10. The van der Waals surface area contributed by atoms with Crippen LogP contribution in [0.3, 0.4) is 0 Å². The average molecular weight is 1750 g/mol. The Kier molecular flexibility index (Phi) is 34.1. The van der Waals surface area contributed by atoms with Crippen LogP contribution in [0.5, 0.6) is 0 Å². The average Bonchev–Trinajstić information content (AvgIpc) is 0.752. The Hall–Kier alpha value is -6.00. The molecule has 20 rings (SSSR count). The fraction of sp³-hybridized carbons (Fsp3) is 0.890. The summed E-state index contributed by atoms with van der Waals surface area (Å²) in [4.78, 5) is 116. The topological polar surface area (TPSA) is 263 Å². The Morgan fingerprint density at radius 1 is 0.264 bits per heavy atom. The largest absolute Gasteiger partial charge is 0.460 e. The molecular weight excluding hydrogens is 1600 g/mol. The summed E-state index contributed by atoms with van der Waals surface area (Å²) in [7, 11) is 0. The first-order chi connectivity index (χ1) is 53.1. The van der Waals surface area contributed by atoms with Gasteiger partial charge in [-0.15, -0.1) is 0 Å². The SMILES string of the molecule is C.C.C.C.C.C.CC(COC(=O)C(C)(F)F)C(=O)OC1(C)C2CC3CC(C2)CC1C3.CC(F)(F)C(=O)OCC(=O)OC1(C)C2CC3CC(C2)CC1C3.CC(F)(F)C(=O)OCC(=O)OC1(C)C2CC3CC(C2)CC1C3.CC(F)(F)C(=O)OCC(=O)OC1(C)C2CC3CC(C2)CC1C3.CC(F)(F)C(=O)OCC(C)(C)C(=O)OC1(C)C2CC3CC(C2)CC1C3. The lowest BCUT2D eigenvalue weighted by Gasteiger charge is -2.59. The minimum Gasteiger partial charge on any atom is -0.460 e. The summed E-state index contributed by atoms with van der Waals surface area (Å²) < 4.78 is 179. The second-order valence-electron chi connectivity index (χ2n) is 39.8. The molecule has 20 fully saturated rings. The van der Waals surface area contributed by atoms with Crippen molar-refractivity contribution in [3.63, 3.8) is 0 Å². The molecule has 0 heterocycles. The molecule has 30 heteroatoms. The Bertz CT molecular complexity index is 3250. The number of esters is 10. The van der Waals surface area contributed by atoms with Crippen molar-refractivity contribution in [3.8, 4) is 0 Å². The van der Waals surface area contributed by atoms with Crippen LogP contribution < -0.4 is 0 Å². The highest BCUT2D eigenvalue weighted by Gasteiger charge is 2.63. The van der Waals surface area contributed by atoms with E-state index in [0.29, 0.717) is 93.8 Å². The Morgan fingerprint density at radius 2 is 0.438 bits per heavy atom. The summed E-state index contributed by atoms with van der Waals surface area (Å²) in [5, 5.41) is 0. The van der Waals surface area contributed by atoms with Gasteiger partial charge in [-0.25, -0.2) is 38.4 Å². The molecule has 0 N–H and O–H groups in total. The van der Waals surface area contributed by atoms with Crippen LogP contribution in [-0.2, 0) is 95.3 Å². The fourth-order valence-corrected chi connectivity index (χ4v) is 24.5. The van der Waals surface area contributed by atoms with E-state index in [0.717, 1.165) is 188 Å². The van der Waals surface area contributed by atoms with Gasteiger partial charge in [0, 0.05) is 34.6 Å². The van der Waals surface area contributed by atoms with Crippen LogP contribution in [0.25, 0.3) is 0 Å². The lowest BCUT2D eigenvalue weighted by molar-refractivity contribution is -0.214. The lowest BCUT2D eigenvalue weighted by atomic mass is 9.50. The van der Waals surface area contributed by atoms with E-state index >= 15 is 0 Å². The Morgan fingerprint density at radius 3 is 0.636 bits per heavy atom. The summed E-state index contributed by atoms with van der Waals surface area (Å²) in [5.41, 5.74) is -3.71. The third kappa shape index (κ3) is 23.8. The van der Waals surface area contributed by atoms with Gasteiger partial charge in [0.15, 0.2) is 19.8 Å². The number of hydrogen-bond donors (Lipinski definition) is 0. The van der Waals surface area contributed by atoms with Gasteiger partial charge in [-0.1, -0.05) is 44.6 Å². The van der Waals surface area contributed by atoms with Gasteiger partial charge in [0.25, 0.3) is 0 Å².